The number of aromatic carboxylic acids is 1. The van der Waals surface area contributed by atoms with E-state index in [0.29, 0.717) is 5.56 Å². The van der Waals surface area contributed by atoms with Gasteiger partial charge < -0.3 is 20.5 Å². The molecule has 5 nitrogen and oxygen atoms in total. The number of hydrogen-bond donors (Lipinski definition) is 3. The van der Waals surface area contributed by atoms with Crippen LogP contribution in [-0.2, 0) is 0 Å². The molecule has 138 valence electrons. The maximum Gasteiger partial charge on any atom is 0.336 e. The van der Waals surface area contributed by atoms with Crippen LogP contribution in [0.1, 0.15) is 34.3 Å². The fourth-order valence-electron chi connectivity index (χ4n) is 3.81. The highest BCUT2D eigenvalue weighted by Crippen LogP contribution is 2.46. The Morgan fingerprint density at radius 1 is 1.15 bits per heavy atom. The zero-order valence-corrected chi connectivity index (χ0v) is 15.4. The van der Waals surface area contributed by atoms with Gasteiger partial charge in [0.05, 0.1) is 5.56 Å². The molecule has 0 saturated heterocycles. The normalized spacial score (nSPS) is 18.1. The molecule has 4 rings (SSSR count). The summed E-state index contributed by atoms with van der Waals surface area (Å²) in [6.45, 7) is 0. The molecular weight excluding hydrogens is 340 g/mol. The van der Waals surface area contributed by atoms with E-state index in [9.17, 15) is 9.90 Å². The molecule has 1 atom stereocenters. The van der Waals surface area contributed by atoms with Gasteiger partial charge in [0.2, 0.25) is 0 Å². The van der Waals surface area contributed by atoms with Gasteiger partial charge in [-0.25, -0.2) is 4.79 Å². The first-order chi connectivity index (χ1) is 13.1. The number of anilines is 1. The molecular formula is C22H22N2O3. The Morgan fingerprint density at radius 2 is 1.96 bits per heavy atom. The molecule has 0 bridgehead atoms. The van der Waals surface area contributed by atoms with Crippen molar-refractivity contribution in [1.29, 1.82) is 0 Å². The second-order valence-electron chi connectivity index (χ2n) is 6.73. The summed E-state index contributed by atoms with van der Waals surface area (Å²) < 4.78 is 6.24. The molecule has 0 radical (unpaired) electrons. The predicted molar refractivity (Wildman–Crippen MR) is 106 cm³/mol. The number of carbonyl (C=O) groups is 1. The molecule has 2 aliphatic rings. The van der Waals surface area contributed by atoms with Gasteiger partial charge in [-0.05, 0) is 49.7 Å². The zero-order chi connectivity index (χ0) is 19.0. The van der Waals surface area contributed by atoms with Crippen molar-refractivity contribution in [3.8, 4) is 5.75 Å². The minimum Gasteiger partial charge on any atom is -0.478 e. The molecule has 0 saturated carbocycles. The van der Waals surface area contributed by atoms with Gasteiger partial charge in [0.1, 0.15) is 11.5 Å². The van der Waals surface area contributed by atoms with Crippen LogP contribution in [-0.4, -0.2) is 31.2 Å². The van der Waals surface area contributed by atoms with E-state index < -0.39 is 5.97 Å². The predicted octanol–water partition coefficient (Wildman–Crippen LogP) is 3.89. The number of ether oxygens (including phenoxy) is 1. The number of benzene rings is 2. The lowest BCUT2D eigenvalue weighted by molar-refractivity contribution is 0.0696. The lowest BCUT2D eigenvalue weighted by atomic mass is 9.82. The monoisotopic (exact) mass is 362 g/mol. The van der Waals surface area contributed by atoms with Gasteiger partial charge in [-0.2, -0.15) is 0 Å². The van der Waals surface area contributed by atoms with Crippen molar-refractivity contribution in [2.24, 2.45) is 0 Å². The third kappa shape index (κ3) is 3.00. The van der Waals surface area contributed by atoms with Crippen LogP contribution in [0.5, 0.6) is 5.75 Å². The molecule has 0 fully saturated rings. The second-order valence-corrected chi connectivity index (χ2v) is 6.73. The summed E-state index contributed by atoms with van der Waals surface area (Å²) in [6, 6.07) is 13.4. The average molecular weight is 362 g/mol. The highest BCUT2D eigenvalue weighted by Gasteiger charge is 2.31. The highest BCUT2D eigenvalue weighted by molar-refractivity contribution is 5.99. The quantitative estimate of drug-likeness (QED) is 0.770. The standard InChI is InChI=1S/C22H22N2O3/c1-23-13-7-9-17-19(11-13)27-20-12-14(24-2)8-10-18(20)21(17)15-5-3-4-6-16(15)22(25)26/h3-7,9,11-12,14,23-24H,8,10H2,1-2H3,(H,25,26). The number of likely N-dealkylation sites (N-methyl/N-ethyl adjacent to an activating group) is 1. The van der Waals surface area contributed by atoms with E-state index >= 15 is 0 Å². The summed E-state index contributed by atoms with van der Waals surface area (Å²) in [5.74, 6) is 0.633. The van der Waals surface area contributed by atoms with Crippen LogP contribution in [0.2, 0.25) is 0 Å². The molecule has 1 heterocycles. The lowest BCUT2D eigenvalue weighted by Crippen LogP contribution is -2.28. The first kappa shape index (κ1) is 17.4. The summed E-state index contributed by atoms with van der Waals surface area (Å²) in [6.07, 6.45) is 3.87. The van der Waals surface area contributed by atoms with Crippen molar-refractivity contribution in [2.75, 3.05) is 19.4 Å². The van der Waals surface area contributed by atoms with Crippen LogP contribution in [0.4, 0.5) is 5.69 Å². The van der Waals surface area contributed by atoms with Crippen LogP contribution in [0, 0.1) is 0 Å². The van der Waals surface area contributed by atoms with E-state index in [1.807, 2.05) is 44.4 Å². The van der Waals surface area contributed by atoms with Gasteiger partial charge in [0, 0.05) is 41.6 Å². The summed E-state index contributed by atoms with van der Waals surface area (Å²) in [5.41, 5.74) is 4.94. The van der Waals surface area contributed by atoms with Crippen molar-refractivity contribution >= 4 is 17.2 Å². The smallest absolute Gasteiger partial charge is 0.336 e. The first-order valence-electron chi connectivity index (χ1n) is 9.07. The molecule has 2 aromatic carbocycles. The minimum absolute atomic E-state index is 0.244. The van der Waals surface area contributed by atoms with Crippen molar-refractivity contribution in [3.05, 3.63) is 76.6 Å². The van der Waals surface area contributed by atoms with E-state index in [2.05, 4.69) is 16.7 Å². The molecule has 3 N–H and O–H groups in total. The van der Waals surface area contributed by atoms with Gasteiger partial charge in [-0.1, -0.05) is 18.2 Å². The van der Waals surface area contributed by atoms with Crippen molar-refractivity contribution in [2.45, 2.75) is 18.9 Å². The molecule has 1 aliphatic carbocycles. The maximum absolute atomic E-state index is 11.8. The Bertz CT molecular complexity index is 975. The zero-order valence-electron chi connectivity index (χ0n) is 15.4. The van der Waals surface area contributed by atoms with Crippen LogP contribution < -0.4 is 15.4 Å². The molecule has 5 heteroatoms. The number of carboxylic acid groups (broad SMARTS) is 1. The Labute approximate surface area is 158 Å². The van der Waals surface area contributed by atoms with Crippen LogP contribution in [0.15, 0.2) is 59.9 Å². The van der Waals surface area contributed by atoms with Gasteiger partial charge in [-0.3, -0.25) is 0 Å². The number of allylic oxidation sites excluding steroid dienone is 1. The number of rotatable bonds is 4. The Kier molecular flexibility index (Phi) is 4.46. The fourth-order valence-corrected chi connectivity index (χ4v) is 3.81. The third-order valence-corrected chi connectivity index (χ3v) is 5.21. The first-order valence-corrected chi connectivity index (χ1v) is 9.07. The van der Waals surface area contributed by atoms with Crippen LogP contribution in [0.3, 0.4) is 0 Å². The van der Waals surface area contributed by atoms with Crippen LogP contribution in [0.25, 0.3) is 5.57 Å². The van der Waals surface area contributed by atoms with Crippen molar-refractivity contribution in [1.82, 2.24) is 5.32 Å². The van der Waals surface area contributed by atoms with Crippen LogP contribution >= 0.6 is 0 Å². The average Bonchev–Trinajstić information content (AvgIpc) is 2.71. The highest BCUT2D eigenvalue weighted by atomic mass is 16.5. The largest absolute Gasteiger partial charge is 0.478 e. The molecule has 1 unspecified atom stereocenters. The van der Waals surface area contributed by atoms with Gasteiger partial charge in [0.25, 0.3) is 0 Å². The molecule has 0 aromatic heterocycles. The Morgan fingerprint density at radius 3 is 2.70 bits per heavy atom. The topological polar surface area (TPSA) is 70.6 Å². The Balaban J connectivity index is 1.99. The molecule has 0 amide bonds. The summed E-state index contributed by atoms with van der Waals surface area (Å²) in [5, 5.41) is 16.1. The van der Waals surface area contributed by atoms with Crippen molar-refractivity contribution < 1.29 is 14.6 Å². The summed E-state index contributed by atoms with van der Waals surface area (Å²) in [4.78, 5) is 11.8. The number of carboxylic acids is 1. The van der Waals surface area contributed by atoms with Gasteiger partial charge in [-0.15, -0.1) is 0 Å². The molecule has 2 aromatic rings. The van der Waals surface area contributed by atoms with Gasteiger partial charge in [0.15, 0.2) is 0 Å². The summed E-state index contributed by atoms with van der Waals surface area (Å²) >= 11 is 0. The molecule has 27 heavy (non-hydrogen) atoms. The number of fused-ring (bicyclic) bond motifs is 2. The maximum atomic E-state index is 11.8. The SMILES string of the molecule is CNc1ccc2c(c1)OC1=CC(NC)CCC1=C2c1ccccc1C(=O)O. The number of nitrogens with one attached hydrogen (secondary N) is 2. The second kappa shape index (κ2) is 6.93. The molecule has 1 aliphatic heterocycles. The van der Waals surface area contributed by atoms with Gasteiger partial charge >= 0.3 is 5.97 Å². The van der Waals surface area contributed by atoms with Crippen molar-refractivity contribution in [3.63, 3.8) is 0 Å². The lowest BCUT2D eigenvalue weighted by Gasteiger charge is -2.31. The van der Waals surface area contributed by atoms with E-state index in [1.54, 1.807) is 12.1 Å². The molecule has 0 spiro atoms. The Hall–Kier alpha value is -3.05. The van der Waals surface area contributed by atoms with E-state index in [4.69, 9.17) is 4.74 Å². The van der Waals surface area contributed by atoms with E-state index in [1.165, 1.54) is 0 Å². The fraction of sp³-hybridized carbons (Fsp3) is 0.227. The van der Waals surface area contributed by atoms with E-state index in [0.717, 1.165) is 52.3 Å². The van der Waals surface area contributed by atoms with E-state index in [-0.39, 0.29) is 6.04 Å². The third-order valence-electron chi connectivity index (χ3n) is 5.21. The number of hydrogen-bond acceptors (Lipinski definition) is 4. The minimum atomic E-state index is -0.923. The summed E-state index contributed by atoms with van der Waals surface area (Å²) in [7, 11) is 3.80.